The van der Waals surface area contributed by atoms with Crippen LogP contribution in [-0.2, 0) is 0 Å². The molecule has 0 aliphatic heterocycles. The molecule has 1 heterocycles. The number of hydrogen-bond acceptors (Lipinski definition) is 3. The Morgan fingerprint density at radius 3 is 2.62 bits per heavy atom. The molecular formula is C15H9Cl2FN2O. The zero-order chi connectivity index (χ0) is 15.0. The highest BCUT2D eigenvalue weighted by atomic mass is 35.5. The molecule has 21 heavy (non-hydrogen) atoms. The van der Waals surface area contributed by atoms with Crippen LogP contribution in [0.3, 0.4) is 0 Å². The van der Waals surface area contributed by atoms with Crippen molar-refractivity contribution >= 4 is 34.1 Å². The Balaban J connectivity index is 2.19. The predicted molar refractivity (Wildman–Crippen MR) is 81.5 cm³/mol. The molecule has 0 saturated heterocycles. The lowest BCUT2D eigenvalue weighted by atomic mass is 10.2. The molecule has 6 heteroatoms. The van der Waals surface area contributed by atoms with Crippen molar-refractivity contribution in [2.45, 2.75) is 0 Å². The third-order valence-electron chi connectivity index (χ3n) is 3.04. The second-order valence-corrected chi connectivity index (χ2v) is 5.09. The van der Waals surface area contributed by atoms with E-state index in [-0.39, 0.29) is 10.9 Å². The maximum absolute atomic E-state index is 13.8. The molecule has 2 aromatic carbocycles. The van der Waals surface area contributed by atoms with Gasteiger partial charge in [0.25, 0.3) is 0 Å². The van der Waals surface area contributed by atoms with Crippen LogP contribution < -0.4 is 4.74 Å². The van der Waals surface area contributed by atoms with Gasteiger partial charge in [-0.1, -0.05) is 29.3 Å². The van der Waals surface area contributed by atoms with E-state index >= 15 is 0 Å². The van der Waals surface area contributed by atoms with Gasteiger partial charge in [-0.25, -0.2) is 14.4 Å². The van der Waals surface area contributed by atoms with Crippen LogP contribution in [0.1, 0.15) is 0 Å². The van der Waals surface area contributed by atoms with Gasteiger partial charge in [-0.15, -0.1) is 0 Å². The van der Waals surface area contributed by atoms with Crippen molar-refractivity contribution in [3.05, 3.63) is 52.4 Å². The second-order valence-electron chi connectivity index (χ2n) is 4.32. The fraction of sp³-hybridized carbons (Fsp3) is 0.0667. The van der Waals surface area contributed by atoms with Crippen LogP contribution in [0, 0.1) is 5.82 Å². The van der Waals surface area contributed by atoms with Gasteiger partial charge < -0.3 is 4.74 Å². The average molecular weight is 323 g/mol. The highest BCUT2D eigenvalue weighted by molar-refractivity contribution is 6.41. The molecule has 3 aromatic rings. The molecule has 0 unspecified atom stereocenters. The van der Waals surface area contributed by atoms with Crippen LogP contribution in [-0.4, -0.2) is 17.1 Å². The molecular weight excluding hydrogens is 314 g/mol. The van der Waals surface area contributed by atoms with E-state index in [9.17, 15) is 4.39 Å². The maximum atomic E-state index is 13.8. The Bertz CT molecular complexity index is 839. The van der Waals surface area contributed by atoms with E-state index in [1.807, 2.05) is 0 Å². The first-order valence-corrected chi connectivity index (χ1v) is 6.81. The van der Waals surface area contributed by atoms with Gasteiger partial charge in [0, 0.05) is 5.56 Å². The SMILES string of the molecule is COc1ccc(-c2nc(Cl)c3c(Cl)cccc3n2)cc1F. The minimum Gasteiger partial charge on any atom is -0.494 e. The summed E-state index contributed by atoms with van der Waals surface area (Å²) in [5, 5.41) is 1.29. The first kappa shape index (κ1) is 14.0. The molecule has 0 atom stereocenters. The van der Waals surface area contributed by atoms with Crippen molar-refractivity contribution in [1.82, 2.24) is 9.97 Å². The molecule has 0 aliphatic rings. The number of rotatable bonds is 2. The number of aromatic nitrogens is 2. The van der Waals surface area contributed by atoms with Crippen LogP contribution in [0.25, 0.3) is 22.3 Å². The molecule has 0 N–H and O–H groups in total. The first-order chi connectivity index (χ1) is 10.1. The Morgan fingerprint density at radius 2 is 1.90 bits per heavy atom. The van der Waals surface area contributed by atoms with E-state index in [2.05, 4.69) is 9.97 Å². The zero-order valence-electron chi connectivity index (χ0n) is 10.9. The standard InChI is InChI=1S/C15H9Cl2FN2O/c1-21-12-6-5-8(7-10(12)18)15-19-11-4-2-3-9(16)13(11)14(17)20-15/h2-7H,1H3. The van der Waals surface area contributed by atoms with Gasteiger partial charge in [-0.2, -0.15) is 0 Å². The van der Waals surface area contributed by atoms with E-state index < -0.39 is 5.82 Å². The summed E-state index contributed by atoms with van der Waals surface area (Å²) < 4.78 is 18.7. The minimum atomic E-state index is -0.485. The van der Waals surface area contributed by atoms with E-state index in [1.165, 1.54) is 19.2 Å². The van der Waals surface area contributed by atoms with Crippen LogP contribution in [0.2, 0.25) is 10.2 Å². The fourth-order valence-corrected chi connectivity index (χ4v) is 2.62. The maximum Gasteiger partial charge on any atom is 0.165 e. The summed E-state index contributed by atoms with van der Waals surface area (Å²) in [7, 11) is 1.41. The lowest BCUT2D eigenvalue weighted by molar-refractivity contribution is 0.386. The number of fused-ring (bicyclic) bond motifs is 1. The molecule has 0 spiro atoms. The van der Waals surface area contributed by atoms with Gasteiger partial charge in [0.05, 0.1) is 23.0 Å². The average Bonchev–Trinajstić information content (AvgIpc) is 2.46. The van der Waals surface area contributed by atoms with Crippen molar-refractivity contribution in [2.75, 3.05) is 7.11 Å². The number of methoxy groups -OCH3 is 1. The molecule has 1 aromatic heterocycles. The Hall–Kier alpha value is -1.91. The lowest BCUT2D eigenvalue weighted by Gasteiger charge is -2.07. The van der Waals surface area contributed by atoms with Gasteiger partial charge in [-0.3, -0.25) is 0 Å². The predicted octanol–water partition coefficient (Wildman–Crippen LogP) is 4.75. The summed E-state index contributed by atoms with van der Waals surface area (Å²) in [5.74, 6) is 0.00548. The Morgan fingerprint density at radius 1 is 1.10 bits per heavy atom. The third kappa shape index (κ3) is 2.52. The summed E-state index contributed by atoms with van der Waals surface area (Å²) >= 11 is 12.2. The molecule has 0 bridgehead atoms. The van der Waals surface area contributed by atoms with Crippen LogP contribution in [0.5, 0.6) is 5.75 Å². The van der Waals surface area contributed by atoms with E-state index in [0.29, 0.717) is 27.3 Å². The van der Waals surface area contributed by atoms with Crippen molar-refractivity contribution < 1.29 is 9.13 Å². The van der Waals surface area contributed by atoms with Crippen LogP contribution >= 0.6 is 23.2 Å². The molecule has 0 saturated carbocycles. The van der Waals surface area contributed by atoms with Crippen LogP contribution in [0.15, 0.2) is 36.4 Å². The smallest absolute Gasteiger partial charge is 0.165 e. The van der Waals surface area contributed by atoms with E-state index in [1.54, 1.807) is 24.3 Å². The number of hydrogen-bond donors (Lipinski definition) is 0. The summed E-state index contributed by atoms with van der Waals surface area (Å²) in [6.45, 7) is 0. The van der Waals surface area contributed by atoms with Gasteiger partial charge in [0.2, 0.25) is 0 Å². The highest BCUT2D eigenvalue weighted by Crippen LogP contribution is 2.31. The zero-order valence-corrected chi connectivity index (χ0v) is 12.4. The molecule has 0 fully saturated rings. The van der Waals surface area contributed by atoms with Crippen molar-refractivity contribution in [2.24, 2.45) is 0 Å². The van der Waals surface area contributed by atoms with Crippen molar-refractivity contribution in [1.29, 1.82) is 0 Å². The molecule has 0 aliphatic carbocycles. The van der Waals surface area contributed by atoms with Crippen LogP contribution in [0.4, 0.5) is 4.39 Å². The highest BCUT2D eigenvalue weighted by Gasteiger charge is 2.12. The van der Waals surface area contributed by atoms with Gasteiger partial charge >= 0.3 is 0 Å². The molecule has 0 amide bonds. The van der Waals surface area contributed by atoms with Crippen molar-refractivity contribution in [3.63, 3.8) is 0 Å². The normalized spacial score (nSPS) is 10.9. The second kappa shape index (κ2) is 5.47. The minimum absolute atomic E-state index is 0.161. The summed E-state index contributed by atoms with van der Waals surface area (Å²) in [6, 6.07) is 9.76. The van der Waals surface area contributed by atoms with Gasteiger partial charge in [0.1, 0.15) is 5.15 Å². The number of nitrogens with zero attached hydrogens (tertiary/aromatic N) is 2. The third-order valence-corrected chi connectivity index (χ3v) is 3.63. The molecule has 106 valence electrons. The Kier molecular flexibility index (Phi) is 3.66. The summed E-state index contributed by atoms with van der Waals surface area (Å²) in [6.07, 6.45) is 0. The quantitative estimate of drug-likeness (QED) is 0.638. The lowest BCUT2D eigenvalue weighted by Crippen LogP contribution is -1.94. The monoisotopic (exact) mass is 322 g/mol. The summed E-state index contributed by atoms with van der Waals surface area (Å²) in [5.41, 5.74) is 1.12. The van der Waals surface area contributed by atoms with E-state index in [0.717, 1.165) is 0 Å². The Labute approximate surface area is 130 Å². The van der Waals surface area contributed by atoms with Gasteiger partial charge in [0.15, 0.2) is 17.4 Å². The van der Waals surface area contributed by atoms with Crippen molar-refractivity contribution in [3.8, 4) is 17.1 Å². The number of halogens is 3. The summed E-state index contributed by atoms with van der Waals surface area (Å²) in [4.78, 5) is 8.57. The molecule has 3 nitrogen and oxygen atoms in total. The number of ether oxygens (including phenoxy) is 1. The molecule has 3 rings (SSSR count). The van der Waals surface area contributed by atoms with Gasteiger partial charge in [-0.05, 0) is 30.3 Å². The fourth-order valence-electron chi connectivity index (χ4n) is 2.03. The number of benzene rings is 2. The molecule has 0 radical (unpaired) electrons. The topological polar surface area (TPSA) is 35.0 Å². The largest absolute Gasteiger partial charge is 0.494 e. The van der Waals surface area contributed by atoms with E-state index in [4.69, 9.17) is 27.9 Å². The first-order valence-electron chi connectivity index (χ1n) is 6.06.